The molecule has 0 amide bonds. The summed E-state index contributed by atoms with van der Waals surface area (Å²) in [4.78, 5) is 10.6. The van der Waals surface area contributed by atoms with E-state index in [9.17, 15) is 18.0 Å². The molecule has 16 heavy (non-hydrogen) atoms. The third-order valence-corrected chi connectivity index (χ3v) is 1.95. The lowest BCUT2D eigenvalue weighted by molar-refractivity contribution is -0.138. The Morgan fingerprint density at radius 1 is 1.31 bits per heavy atom. The number of benzene rings is 1. The van der Waals surface area contributed by atoms with Gasteiger partial charge in [-0.3, -0.25) is 4.79 Å². The van der Waals surface area contributed by atoms with Crippen molar-refractivity contribution in [3.63, 3.8) is 0 Å². The smallest absolute Gasteiger partial charge is 0.416 e. The van der Waals surface area contributed by atoms with E-state index in [0.717, 1.165) is 24.3 Å². The van der Waals surface area contributed by atoms with Gasteiger partial charge in [0.05, 0.1) is 11.6 Å². The summed E-state index contributed by atoms with van der Waals surface area (Å²) < 4.78 is 36.5. The van der Waals surface area contributed by atoms with E-state index in [1.165, 1.54) is 6.07 Å². The Bertz CT molecular complexity index is 431. The zero-order chi connectivity index (χ0) is 12.3. The second-order valence-electron chi connectivity index (χ2n) is 3.02. The first-order valence-electron chi connectivity index (χ1n) is 4.16. The molecule has 0 aliphatic rings. The van der Waals surface area contributed by atoms with Gasteiger partial charge in [0.2, 0.25) is 0 Å². The summed E-state index contributed by atoms with van der Waals surface area (Å²) >= 11 is 0. The lowest BCUT2D eigenvalue weighted by Crippen LogP contribution is -2.10. The van der Waals surface area contributed by atoms with Crippen molar-refractivity contribution in [3.05, 3.63) is 35.4 Å². The minimum absolute atomic E-state index is 0.0306. The van der Waals surface area contributed by atoms with Crippen LogP contribution in [0.1, 0.15) is 17.0 Å². The van der Waals surface area contributed by atoms with Gasteiger partial charge in [-0.2, -0.15) is 18.4 Å². The molecule has 1 atom stereocenters. The maximum atomic E-state index is 12.2. The van der Waals surface area contributed by atoms with E-state index in [1.54, 1.807) is 0 Å². The number of hydrogen-bond donors (Lipinski definition) is 1. The molecule has 0 spiro atoms. The van der Waals surface area contributed by atoms with E-state index in [0.29, 0.717) is 0 Å². The Hall–Kier alpha value is -2.03. The van der Waals surface area contributed by atoms with Crippen LogP contribution >= 0.6 is 0 Å². The molecule has 1 rings (SSSR count). The predicted molar refractivity (Wildman–Crippen MR) is 47.4 cm³/mol. The standard InChI is InChI=1S/C10H6F3NO2/c11-10(12,13)7-3-1-6(2-4-7)8(5-14)9(15)16/h1-4,8H,(H,15,16). The summed E-state index contributed by atoms with van der Waals surface area (Å²) in [5.74, 6) is -2.83. The number of alkyl halides is 3. The molecule has 0 aromatic heterocycles. The number of carboxylic acids is 1. The molecule has 1 aromatic rings. The van der Waals surface area contributed by atoms with Crippen LogP contribution in [0.15, 0.2) is 24.3 Å². The number of nitriles is 1. The van der Waals surface area contributed by atoms with Gasteiger partial charge in [-0.1, -0.05) is 12.1 Å². The van der Waals surface area contributed by atoms with Gasteiger partial charge in [0, 0.05) is 0 Å². The van der Waals surface area contributed by atoms with Crippen molar-refractivity contribution in [1.29, 1.82) is 5.26 Å². The van der Waals surface area contributed by atoms with Gasteiger partial charge in [0.25, 0.3) is 0 Å². The molecule has 0 saturated carbocycles. The minimum atomic E-state index is -4.47. The van der Waals surface area contributed by atoms with Crippen molar-refractivity contribution in [3.8, 4) is 6.07 Å². The minimum Gasteiger partial charge on any atom is -0.480 e. The molecule has 1 unspecified atom stereocenters. The number of carboxylic acid groups (broad SMARTS) is 1. The summed E-state index contributed by atoms with van der Waals surface area (Å²) in [6, 6.07) is 4.98. The van der Waals surface area contributed by atoms with E-state index in [2.05, 4.69) is 0 Å². The molecule has 0 aliphatic heterocycles. The largest absolute Gasteiger partial charge is 0.480 e. The van der Waals surface area contributed by atoms with Crippen molar-refractivity contribution in [1.82, 2.24) is 0 Å². The van der Waals surface area contributed by atoms with Crippen LogP contribution < -0.4 is 0 Å². The van der Waals surface area contributed by atoms with E-state index in [4.69, 9.17) is 10.4 Å². The molecule has 0 fully saturated rings. The SMILES string of the molecule is N#CC(C(=O)O)c1ccc(C(F)(F)F)cc1. The second-order valence-corrected chi connectivity index (χ2v) is 3.02. The average molecular weight is 229 g/mol. The highest BCUT2D eigenvalue weighted by Gasteiger charge is 2.30. The summed E-state index contributed by atoms with van der Waals surface area (Å²) in [7, 11) is 0. The molecule has 0 aliphatic carbocycles. The Labute approximate surface area is 88.7 Å². The summed E-state index contributed by atoms with van der Waals surface area (Å²) in [6.07, 6.45) is -4.47. The van der Waals surface area contributed by atoms with Crippen LogP contribution in [-0.4, -0.2) is 11.1 Å². The highest BCUT2D eigenvalue weighted by atomic mass is 19.4. The number of halogens is 3. The molecule has 1 N–H and O–H groups in total. The van der Waals surface area contributed by atoms with Crippen molar-refractivity contribution >= 4 is 5.97 Å². The zero-order valence-electron chi connectivity index (χ0n) is 7.82. The second kappa shape index (κ2) is 4.23. The zero-order valence-corrected chi connectivity index (χ0v) is 7.82. The summed E-state index contributed by atoms with van der Waals surface area (Å²) in [6.45, 7) is 0. The topological polar surface area (TPSA) is 61.1 Å². The maximum Gasteiger partial charge on any atom is 0.416 e. The highest BCUT2D eigenvalue weighted by Crippen LogP contribution is 2.30. The molecule has 0 saturated heterocycles. The molecule has 1 aromatic carbocycles. The Kier molecular flexibility index (Phi) is 3.18. The molecule has 6 heteroatoms. The summed E-state index contributed by atoms with van der Waals surface area (Å²) in [5, 5.41) is 17.1. The van der Waals surface area contributed by atoms with Crippen molar-refractivity contribution < 1.29 is 23.1 Å². The van der Waals surface area contributed by atoms with Crippen LogP contribution in [0.2, 0.25) is 0 Å². The van der Waals surface area contributed by atoms with Gasteiger partial charge >= 0.3 is 12.1 Å². The predicted octanol–water partition coefficient (Wildman–Crippen LogP) is 2.40. The van der Waals surface area contributed by atoms with Gasteiger partial charge in [-0.15, -0.1) is 0 Å². The average Bonchev–Trinajstić information content (AvgIpc) is 2.17. The molecular weight excluding hydrogens is 223 g/mol. The van der Waals surface area contributed by atoms with Crippen molar-refractivity contribution in [2.75, 3.05) is 0 Å². The fourth-order valence-corrected chi connectivity index (χ4v) is 1.14. The number of carbonyl (C=O) groups is 1. The van der Waals surface area contributed by atoms with Gasteiger partial charge in [0.15, 0.2) is 5.92 Å². The van der Waals surface area contributed by atoms with Gasteiger partial charge in [0.1, 0.15) is 0 Å². The monoisotopic (exact) mass is 229 g/mol. The van der Waals surface area contributed by atoms with E-state index >= 15 is 0 Å². The van der Waals surface area contributed by atoms with E-state index in [-0.39, 0.29) is 5.56 Å². The van der Waals surface area contributed by atoms with Crippen LogP contribution in [0, 0.1) is 11.3 Å². The Morgan fingerprint density at radius 3 is 2.12 bits per heavy atom. The third-order valence-electron chi connectivity index (χ3n) is 1.95. The maximum absolute atomic E-state index is 12.2. The van der Waals surface area contributed by atoms with Crippen LogP contribution in [0.4, 0.5) is 13.2 Å². The number of nitrogens with zero attached hydrogens (tertiary/aromatic N) is 1. The van der Waals surface area contributed by atoms with Crippen molar-refractivity contribution in [2.24, 2.45) is 0 Å². The lowest BCUT2D eigenvalue weighted by atomic mass is 9.99. The van der Waals surface area contributed by atoms with Crippen LogP contribution in [0.3, 0.4) is 0 Å². The molecule has 84 valence electrons. The first-order valence-corrected chi connectivity index (χ1v) is 4.16. The Morgan fingerprint density at radius 2 is 1.81 bits per heavy atom. The van der Waals surface area contributed by atoms with Crippen LogP contribution in [-0.2, 0) is 11.0 Å². The fourth-order valence-electron chi connectivity index (χ4n) is 1.14. The van der Waals surface area contributed by atoms with Gasteiger partial charge < -0.3 is 5.11 Å². The first-order chi connectivity index (χ1) is 7.36. The Balaban J connectivity index is 3.04. The van der Waals surface area contributed by atoms with Crippen LogP contribution in [0.25, 0.3) is 0 Å². The van der Waals surface area contributed by atoms with E-state index < -0.39 is 23.6 Å². The van der Waals surface area contributed by atoms with Gasteiger partial charge in [-0.25, -0.2) is 0 Å². The number of rotatable bonds is 2. The first kappa shape index (κ1) is 12.0. The van der Waals surface area contributed by atoms with Crippen LogP contribution in [0.5, 0.6) is 0 Å². The quantitative estimate of drug-likeness (QED) is 0.846. The van der Waals surface area contributed by atoms with Crippen molar-refractivity contribution in [2.45, 2.75) is 12.1 Å². The number of aliphatic carboxylic acids is 1. The highest BCUT2D eigenvalue weighted by molar-refractivity contribution is 5.79. The van der Waals surface area contributed by atoms with E-state index in [1.807, 2.05) is 0 Å². The molecule has 0 heterocycles. The molecule has 3 nitrogen and oxygen atoms in total. The normalized spacial score (nSPS) is 12.9. The van der Waals surface area contributed by atoms with Gasteiger partial charge in [-0.05, 0) is 17.7 Å². The summed E-state index contributed by atoms with van der Waals surface area (Å²) in [5.41, 5.74) is -0.846. The third kappa shape index (κ3) is 2.51. The lowest BCUT2D eigenvalue weighted by Gasteiger charge is -2.08. The molecule has 0 bridgehead atoms. The number of hydrogen-bond acceptors (Lipinski definition) is 2. The molecular formula is C10H6F3NO2. The fraction of sp³-hybridized carbons (Fsp3) is 0.200. The molecule has 0 radical (unpaired) electrons.